The van der Waals surface area contributed by atoms with Gasteiger partial charge in [0.1, 0.15) is 0 Å². The number of rotatable bonds is 2. The normalized spacial score (nSPS) is 10.3. The molecular weight excluding hydrogens is 286 g/mol. The fourth-order valence-electron chi connectivity index (χ4n) is 1.33. The zero-order valence-electron chi connectivity index (χ0n) is 9.32. The number of aromatic nitrogens is 2. The van der Waals surface area contributed by atoms with Gasteiger partial charge in [0, 0.05) is 4.47 Å². The van der Waals surface area contributed by atoms with Crippen LogP contribution in [0.2, 0.25) is 0 Å². The van der Waals surface area contributed by atoms with Crippen LogP contribution in [0.25, 0.3) is 0 Å². The third kappa shape index (κ3) is 2.71. The molecule has 0 saturated carbocycles. The smallest absolute Gasteiger partial charge is 0.315 e. The summed E-state index contributed by atoms with van der Waals surface area (Å²) in [6.45, 7) is 3.60. The average molecular weight is 296 g/mol. The summed E-state index contributed by atoms with van der Waals surface area (Å²) in [7, 11) is 0. The average Bonchev–Trinajstić information content (AvgIpc) is 2.67. The van der Waals surface area contributed by atoms with Crippen LogP contribution >= 0.6 is 15.9 Å². The lowest BCUT2D eigenvalue weighted by Gasteiger charge is -2.04. The highest BCUT2D eigenvalue weighted by Gasteiger charge is 2.13. The minimum absolute atomic E-state index is 0.0981. The van der Waals surface area contributed by atoms with Crippen molar-refractivity contribution in [2.24, 2.45) is 0 Å². The summed E-state index contributed by atoms with van der Waals surface area (Å²) in [6, 6.07) is 5.62. The number of hydrogen-bond acceptors (Lipinski definition) is 4. The first-order valence-corrected chi connectivity index (χ1v) is 5.73. The minimum Gasteiger partial charge on any atom is -0.315 e. The summed E-state index contributed by atoms with van der Waals surface area (Å²) in [5, 5.41) is 6.13. The maximum absolute atomic E-state index is 11.9. The molecule has 1 aromatic heterocycles. The van der Waals surface area contributed by atoms with Crippen molar-refractivity contribution >= 4 is 27.9 Å². The van der Waals surface area contributed by atoms with Crippen LogP contribution in [-0.2, 0) is 0 Å². The Bertz CT molecular complexity index is 566. The summed E-state index contributed by atoms with van der Waals surface area (Å²) in [6.07, 6.45) is 0. The van der Waals surface area contributed by atoms with Gasteiger partial charge in [0.15, 0.2) is 5.82 Å². The topological polar surface area (TPSA) is 68.0 Å². The lowest BCUT2D eigenvalue weighted by molar-refractivity contribution is 0.102. The zero-order chi connectivity index (χ0) is 12.4. The quantitative estimate of drug-likeness (QED) is 0.925. The van der Waals surface area contributed by atoms with Gasteiger partial charge < -0.3 is 4.52 Å². The van der Waals surface area contributed by atoms with Gasteiger partial charge in [0.2, 0.25) is 0 Å². The Kier molecular flexibility index (Phi) is 3.23. The molecule has 1 heterocycles. The molecule has 0 bridgehead atoms. The lowest BCUT2D eigenvalue weighted by Crippen LogP contribution is -2.13. The standard InChI is InChI=1S/C11H10BrN3O2/c1-6-3-4-9(12)8(5-6)10(16)14-11-13-7(2)15-17-11/h3-5H,1-2H3,(H,13,14,15,16). The van der Waals surface area contributed by atoms with E-state index in [9.17, 15) is 4.79 Å². The Morgan fingerprint density at radius 3 is 2.82 bits per heavy atom. The molecule has 5 nitrogen and oxygen atoms in total. The minimum atomic E-state index is -0.288. The third-order valence-corrected chi connectivity index (χ3v) is 2.81. The number of hydrogen-bond donors (Lipinski definition) is 1. The van der Waals surface area contributed by atoms with Crippen LogP contribution in [0, 0.1) is 13.8 Å². The molecule has 0 radical (unpaired) electrons. The van der Waals surface area contributed by atoms with E-state index in [0.29, 0.717) is 11.4 Å². The van der Waals surface area contributed by atoms with E-state index in [1.807, 2.05) is 19.1 Å². The number of nitrogens with zero attached hydrogens (tertiary/aromatic N) is 2. The van der Waals surface area contributed by atoms with Crippen LogP contribution in [0.4, 0.5) is 6.01 Å². The molecule has 0 spiro atoms. The van der Waals surface area contributed by atoms with Gasteiger partial charge >= 0.3 is 6.01 Å². The van der Waals surface area contributed by atoms with Crippen LogP contribution in [-0.4, -0.2) is 16.0 Å². The summed E-state index contributed by atoms with van der Waals surface area (Å²) in [4.78, 5) is 15.8. The second kappa shape index (κ2) is 4.67. The van der Waals surface area contributed by atoms with E-state index in [2.05, 4.69) is 31.4 Å². The Hall–Kier alpha value is -1.69. The maximum Gasteiger partial charge on any atom is 0.328 e. The van der Waals surface area contributed by atoms with Gasteiger partial charge in [-0.2, -0.15) is 4.98 Å². The van der Waals surface area contributed by atoms with Gasteiger partial charge in [0.05, 0.1) is 5.56 Å². The largest absolute Gasteiger partial charge is 0.328 e. The monoisotopic (exact) mass is 295 g/mol. The highest BCUT2D eigenvalue weighted by atomic mass is 79.9. The molecule has 1 aromatic carbocycles. The molecule has 0 atom stereocenters. The SMILES string of the molecule is Cc1ccc(Br)c(C(=O)Nc2nc(C)no2)c1. The first-order valence-electron chi connectivity index (χ1n) is 4.94. The van der Waals surface area contributed by atoms with Crippen molar-refractivity contribution in [1.29, 1.82) is 0 Å². The van der Waals surface area contributed by atoms with E-state index < -0.39 is 0 Å². The van der Waals surface area contributed by atoms with E-state index in [1.54, 1.807) is 13.0 Å². The summed E-state index contributed by atoms with van der Waals surface area (Å²) in [5.41, 5.74) is 1.53. The second-order valence-corrected chi connectivity index (χ2v) is 4.44. The van der Waals surface area contributed by atoms with Crippen LogP contribution < -0.4 is 5.32 Å². The van der Waals surface area contributed by atoms with E-state index in [-0.39, 0.29) is 11.9 Å². The van der Waals surface area contributed by atoms with Crippen LogP contribution in [0.3, 0.4) is 0 Å². The molecule has 0 aliphatic heterocycles. The second-order valence-electron chi connectivity index (χ2n) is 3.58. The highest BCUT2D eigenvalue weighted by Crippen LogP contribution is 2.19. The number of halogens is 1. The van der Waals surface area contributed by atoms with Crippen molar-refractivity contribution in [3.05, 3.63) is 39.6 Å². The van der Waals surface area contributed by atoms with Crippen molar-refractivity contribution in [2.45, 2.75) is 13.8 Å². The van der Waals surface area contributed by atoms with Gasteiger partial charge in [-0.1, -0.05) is 16.8 Å². The first kappa shape index (κ1) is 11.8. The predicted octanol–water partition coefficient (Wildman–Crippen LogP) is 2.70. The van der Waals surface area contributed by atoms with Gasteiger partial charge in [-0.05, 0) is 41.9 Å². The molecule has 0 saturated heterocycles. The summed E-state index contributed by atoms with van der Waals surface area (Å²) in [5.74, 6) is 0.188. The molecule has 2 aromatic rings. The van der Waals surface area contributed by atoms with Crippen LogP contribution in [0.15, 0.2) is 27.2 Å². The van der Waals surface area contributed by atoms with Crippen molar-refractivity contribution < 1.29 is 9.32 Å². The van der Waals surface area contributed by atoms with Gasteiger partial charge in [-0.3, -0.25) is 10.1 Å². The molecule has 88 valence electrons. The van der Waals surface area contributed by atoms with Crippen molar-refractivity contribution in [3.8, 4) is 0 Å². The molecular formula is C11H10BrN3O2. The number of benzene rings is 1. The number of carbonyl (C=O) groups excluding carboxylic acids is 1. The number of amides is 1. The van der Waals surface area contributed by atoms with E-state index >= 15 is 0 Å². The Balaban J connectivity index is 2.22. The number of carbonyl (C=O) groups is 1. The molecule has 0 unspecified atom stereocenters. The maximum atomic E-state index is 11.9. The predicted molar refractivity (Wildman–Crippen MR) is 65.9 cm³/mol. The zero-order valence-corrected chi connectivity index (χ0v) is 10.9. The van der Waals surface area contributed by atoms with Crippen molar-refractivity contribution in [1.82, 2.24) is 10.1 Å². The molecule has 0 aliphatic carbocycles. The van der Waals surface area contributed by atoms with Crippen molar-refractivity contribution in [2.75, 3.05) is 5.32 Å². The molecule has 0 aliphatic rings. The molecule has 1 N–H and O–H groups in total. The molecule has 17 heavy (non-hydrogen) atoms. The summed E-state index contributed by atoms with van der Waals surface area (Å²) >= 11 is 3.32. The van der Waals surface area contributed by atoms with Gasteiger partial charge in [-0.15, -0.1) is 0 Å². The molecule has 0 fully saturated rings. The summed E-state index contributed by atoms with van der Waals surface area (Å²) < 4.78 is 5.54. The van der Waals surface area contributed by atoms with Gasteiger partial charge in [0.25, 0.3) is 5.91 Å². The first-order chi connectivity index (χ1) is 8.06. The number of nitrogens with one attached hydrogen (secondary N) is 1. The Labute approximate surface area is 106 Å². The van der Waals surface area contributed by atoms with E-state index in [4.69, 9.17) is 4.52 Å². The Morgan fingerprint density at radius 1 is 1.41 bits per heavy atom. The molecule has 1 amide bonds. The molecule has 2 rings (SSSR count). The Morgan fingerprint density at radius 2 is 2.18 bits per heavy atom. The lowest BCUT2D eigenvalue weighted by atomic mass is 10.1. The fourth-order valence-corrected chi connectivity index (χ4v) is 1.75. The molecule has 6 heteroatoms. The van der Waals surface area contributed by atoms with Gasteiger partial charge in [-0.25, -0.2) is 0 Å². The highest BCUT2D eigenvalue weighted by molar-refractivity contribution is 9.10. The van der Waals surface area contributed by atoms with E-state index in [1.165, 1.54) is 0 Å². The van der Waals surface area contributed by atoms with Crippen molar-refractivity contribution in [3.63, 3.8) is 0 Å². The number of anilines is 1. The fraction of sp³-hybridized carbons (Fsp3) is 0.182. The number of aryl methyl sites for hydroxylation is 2. The van der Waals surface area contributed by atoms with Crippen LogP contribution in [0.5, 0.6) is 0 Å². The van der Waals surface area contributed by atoms with Crippen LogP contribution in [0.1, 0.15) is 21.7 Å². The third-order valence-electron chi connectivity index (χ3n) is 2.11. The van der Waals surface area contributed by atoms with E-state index in [0.717, 1.165) is 10.0 Å².